The predicted molar refractivity (Wildman–Crippen MR) is 90.8 cm³/mol. The minimum absolute atomic E-state index is 0.101. The molecule has 0 saturated carbocycles. The number of rotatable bonds is 6. The summed E-state index contributed by atoms with van der Waals surface area (Å²) in [7, 11) is 0. The summed E-state index contributed by atoms with van der Waals surface area (Å²) in [6, 6.07) is 10.8. The Bertz CT molecular complexity index is 634. The minimum Gasteiger partial charge on any atom is -0.494 e. The Morgan fingerprint density at radius 1 is 1.36 bits per heavy atom. The average Bonchev–Trinajstić information content (AvgIpc) is 2.51. The number of benzene rings is 1. The van der Waals surface area contributed by atoms with Gasteiger partial charge in [-0.3, -0.25) is 4.79 Å². The van der Waals surface area contributed by atoms with Gasteiger partial charge in [0.25, 0.3) is 0 Å². The van der Waals surface area contributed by atoms with Crippen molar-refractivity contribution in [2.75, 3.05) is 11.9 Å². The number of thioether (sulfide) groups is 1. The molecule has 116 valence electrons. The van der Waals surface area contributed by atoms with Crippen LogP contribution in [0.4, 0.5) is 5.69 Å². The van der Waals surface area contributed by atoms with E-state index in [1.807, 2.05) is 38.1 Å². The molecule has 4 nitrogen and oxygen atoms in total. The predicted octanol–water partition coefficient (Wildman–Crippen LogP) is 4.25. The summed E-state index contributed by atoms with van der Waals surface area (Å²) < 4.78 is 5.37. The number of nitrogens with zero attached hydrogens (tertiary/aromatic N) is 1. The molecule has 0 aliphatic rings. The average molecular weight is 337 g/mol. The number of nitrogens with one attached hydrogen (secondary N) is 1. The second-order valence-corrected chi connectivity index (χ2v) is 6.23. The van der Waals surface area contributed by atoms with Gasteiger partial charge in [0.05, 0.1) is 16.9 Å². The number of amides is 1. The number of hydrogen-bond donors (Lipinski definition) is 1. The lowest BCUT2D eigenvalue weighted by Gasteiger charge is -2.12. The standard InChI is InChI=1S/C16H17ClN2O2S/c1-3-21-13-8-6-12(7-9-13)19-15(20)11(2)22-16-14(17)5-4-10-18-16/h4-11H,3H2,1-2H3,(H,19,20). The molecular weight excluding hydrogens is 320 g/mol. The number of hydrogen-bond acceptors (Lipinski definition) is 4. The van der Waals surface area contributed by atoms with E-state index in [0.717, 1.165) is 11.4 Å². The lowest BCUT2D eigenvalue weighted by atomic mass is 10.3. The molecule has 1 aromatic heterocycles. The Morgan fingerprint density at radius 2 is 2.09 bits per heavy atom. The quantitative estimate of drug-likeness (QED) is 0.801. The van der Waals surface area contributed by atoms with E-state index in [4.69, 9.17) is 16.3 Å². The molecule has 0 bridgehead atoms. The van der Waals surface area contributed by atoms with Crippen molar-refractivity contribution in [3.8, 4) is 5.75 Å². The molecule has 2 aromatic rings. The van der Waals surface area contributed by atoms with Crippen LogP contribution < -0.4 is 10.1 Å². The maximum Gasteiger partial charge on any atom is 0.237 e. The molecule has 2 rings (SSSR count). The molecular formula is C16H17ClN2O2S. The number of halogens is 1. The first kappa shape index (κ1) is 16.6. The zero-order valence-electron chi connectivity index (χ0n) is 12.4. The molecule has 0 spiro atoms. The van der Waals surface area contributed by atoms with E-state index in [1.165, 1.54) is 11.8 Å². The smallest absolute Gasteiger partial charge is 0.237 e. The second-order valence-electron chi connectivity index (χ2n) is 4.50. The van der Waals surface area contributed by atoms with Crippen LogP contribution in [0.15, 0.2) is 47.6 Å². The number of ether oxygens (including phenoxy) is 1. The summed E-state index contributed by atoms with van der Waals surface area (Å²) in [6.07, 6.45) is 1.66. The van der Waals surface area contributed by atoms with Gasteiger partial charge in [0.15, 0.2) is 0 Å². The number of pyridine rings is 1. The molecule has 6 heteroatoms. The maximum absolute atomic E-state index is 12.2. The highest BCUT2D eigenvalue weighted by molar-refractivity contribution is 8.00. The van der Waals surface area contributed by atoms with Crippen LogP contribution in [0.2, 0.25) is 5.02 Å². The Balaban J connectivity index is 1.95. The second kappa shape index (κ2) is 8.06. The summed E-state index contributed by atoms with van der Waals surface area (Å²) in [5.41, 5.74) is 0.730. The lowest BCUT2D eigenvalue weighted by molar-refractivity contribution is -0.115. The number of carbonyl (C=O) groups is 1. The molecule has 0 saturated heterocycles. The van der Waals surface area contributed by atoms with Crippen LogP contribution in [-0.4, -0.2) is 22.7 Å². The van der Waals surface area contributed by atoms with Crippen LogP contribution in [0, 0.1) is 0 Å². The zero-order chi connectivity index (χ0) is 15.9. The molecule has 22 heavy (non-hydrogen) atoms. The zero-order valence-corrected chi connectivity index (χ0v) is 13.9. The maximum atomic E-state index is 12.2. The number of aromatic nitrogens is 1. The summed E-state index contributed by atoms with van der Waals surface area (Å²) in [5.74, 6) is 0.680. The number of carbonyl (C=O) groups excluding carboxylic acids is 1. The third-order valence-corrected chi connectivity index (χ3v) is 4.35. The van der Waals surface area contributed by atoms with Gasteiger partial charge in [-0.05, 0) is 50.2 Å². The van der Waals surface area contributed by atoms with E-state index in [2.05, 4.69) is 10.3 Å². The molecule has 1 unspecified atom stereocenters. The molecule has 1 N–H and O–H groups in total. The van der Waals surface area contributed by atoms with E-state index in [9.17, 15) is 4.79 Å². The molecule has 0 fully saturated rings. The molecule has 1 amide bonds. The van der Waals surface area contributed by atoms with Crippen LogP contribution >= 0.6 is 23.4 Å². The van der Waals surface area contributed by atoms with Gasteiger partial charge < -0.3 is 10.1 Å². The van der Waals surface area contributed by atoms with Gasteiger partial charge in [-0.15, -0.1) is 0 Å². The van der Waals surface area contributed by atoms with Crippen LogP contribution in [-0.2, 0) is 4.79 Å². The van der Waals surface area contributed by atoms with Gasteiger partial charge >= 0.3 is 0 Å². The number of anilines is 1. The Kier molecular flexibility index (Phi) is 6.10. The fraction of sp³-hybridized carbons (Fsp3) is 0.250. The first-order valence-electron chi connectivity index (χ1n) is 6.91. The third kappa shape index (κ3) is 4.64. The van der Waals surface area contributed by atoms with Crippen molar-refractivity contribution >= 4 is 35.0 Å². The first-order chi connectivity index (χ1) is 10.6. The molecule has 0 radical (unpaired) electrons. The van der Waals surface area contributed by atoms with Gasteiger partial charge in [0.2, 0.25) is 5.91 Å². The fourth-order valence-electron chi connectivity index (χ4n) is 1.72. The van der Waals surface area contributed by atoms with Crippen molar-refractivity contribution in [2.24, 2.45) is 0 Å². The monoisotopic (exact) mass is 336 g/mol. The van der Waals surface area contributed by atoms with Crippen molar-refractivity contribution in [3.63, 3.8) is 0 Å². The third-order valence-electron chi connectivity index (χ3n) is 2.82. The van der Waals surface area contributed by atoms with Crippen LogP contribution in [0.3, 0.4) is 0 Å². The van der Waals surface area contributed by atoms with Crippen molar-refractivity contribution in [2.45, 2.75) is 24.1 Å². The summed E-state index contributed by atoms with van der Waals surface area (Å²) in [5, 5.41) is 3.76. The molecule has 1 atom stereocenters. The van der Waals surface area contributed by atoms with E-state index in [1.54, 1.807) is 18.3 Å². The summed E-state index contributed by atoms with van der Waals surface area (Å²) in [4.78, 5) is 16.4. The van der Waals surface area contributed by atoms with Crippen molar-refractivity contribution < 1.29 is 9.53 Å². The van der Waals surface area contributed by atoms with E-state index >= 15 is 0 Å². The SMILES string of the molecule is CCOc1ccc(NC(=O)C(C)Sc2ncccc2Cl)cc1. The van der Waals surface area contributed by atoms with Crippen molar-refractivity contribution in [3.05, 3.63) is 47.6 Å². The van der Waals surface area contributed by atoms with Gasteiger partial charge in [-0.1, -0.05) is 23.4 Å². The topological polar surface area (TPSA) is 51.2 Å². The van der Waals surface area contributed by atoms with Crippen molar-refractivity contribution in [1.82, 2.24) is 4.98 Å². The van der Waals surface area contributed by atoms with E-state index in [0.29, 0.717) is 16.7 Å². The van der Waals surface area contributed by atoms with Gasteiger partial charge in [-0.2, -0.15) is 0 Å². The highest BCUT2D eigenvalue weighted by Crippen LogP contribution is 2.28. The highest BCUT2D eigenvalue weighted by atomic mass is 35.5. The molecule has 1 heterocycles. The van der Waals surface area contributed by atoms with Gasteiger partial charge in [0.1, 0.15) is 10.8 Å². The first-order valence-corrected chi connectivity index (χ1v) is 8.16. The largest absolute Gasteiger partial charge is 0.494 e. The van der Waals surface area contributed by atoms with Gasteiger partial charge in [0, 0.05) is 11.9 Å². The van der Waals surface area contributed by atoms with Crippen LogP contribution in [0.5, 0.6) is 5.75 Å². The summed E-state index contributed by atoms with van der Waals surface area (Å²) in [6.45, 7) is 4.36. The Hall–Kier alpha value is -1.72. The van der Waals surface area contributed by atoms with E-state index < -0.39 is 0 Å². The molecule has 0 aliphatic heterocycles. The highest BCUT2D eigenvalue weighted by Gasteiger charge is 2.16. The van der Waals surface area contributed by atoms with Crippen molar-refractivity contribution in [1.29, 1.82) is 0 Å². The molecule has 0 aliphatic carbocycles. The molecule has 1 aromatic carbocycles. The fourth-order valence-corrected chi connectivity index (χ4v) is 2.78. The minimum atomic E-state index is -0.307. The van der Waals surface area contributed by atoms with Crippen LogP contribution in [0.25, 0.3) is 0 Å². The lowest BCUT2D eigenvalue weighted by Crippen LogP contribution is -2.22. The Labute approximate surface area is 139 Å². The van der Waals surface area contributed by atoms with Gasteiger partial charge in [-0.25, -0.2) is 4.98 Å². The van der Waals surface area contributed by atoms with Crippen LogP contribution in [0.1, 0.15) is 13.8 Å². The summed E-state index contributed by atoms with van der Waals surface area (Å²) >= 11 is 7.38. The normalized spacial score (nSPS) is 11.8. The Morgan fingerprint density at radius 3 is 2.73 bits per heavy atom. The van der Waals surface area contributed by atoms with E-state index in [-0.39, 0.29) is 11.2 Å².